The van der Waals surface area contributed by atoms with Crippen molar-refractivity contribution in [3.63, 3.8) is 0 Å². The number of pyridine rings is 2. The molecule has 0 bridgehead atoms. The number of aliphatic hydroxyl groups is 2. The smallest absolute Gasteiger partial charge is 0.407 e. The second kappa shape index (κ2) is 19.8. The van der Waals surface area contributed by atoms with Crippen LogP contribution in [0.25, 0.3) is 22.3 Å². The third-order valence-electron chi connectivity index (χ3n) is 9.66. The first-order valence-electron chi connectivity index (χ1n) is 19.7. The summed E-state index contributed by atoms with van der Waals surface area (Å²) in [5.41, 5.74) is 5.56. The quantitative estimate of drug-likeness (QED) is 0.120. The molecule has 0 radical (unpaired) electrons. The van der Waals surface area contributed by atoms with Crippen LogP contribution < -0.4 is 10.6 Å². The van der Waals surface area contributed by atoms with Crippen LogP contribution in [0, 0.1) is 13.8 Å². The van der Waals surface area contributed by atoms with E-state index in [1.165, 1.54) is 0 Å². The monoisotopic (exact) mass is 930 g/mol. The highest BCUT2D eigenvalue weighted by Crippen LogP contribution is 2.41. The van der Waals surface area contributed by atoms with Crippen LogP contribution in [0.4, 0.5) is 9.59 Å². The minimum Gasteiger partial charge on any atom is -0.444 e. The number of aromatic nitrogens is 2. The maximum absolute atomic E-state index is 13.2. The van der Waals surface area contributed by atoms with Crippen LogP contribution in [0.1, 0.15) is 96.2 Å². The molecule has 18 heteroatoms. The summed E-state index contributed by atoms with van der Waals surface area (Å²) in [5, 5.41) is 27.0. The first-order chi connectivity index (χ1) is 29.0. The number of hydrogen-bond acceptors (Lipinski definition) is 10. The van der Waals surface area contributed by atoms with E-state index < -0.39 is 23.4 Å². The lowest BCUT2D eigenvalue weighted by molar-refractivity contribution is 0.0507. The van der Waals surface area contributed by atoms with Gasteiger partial charge in [0.15, 0.2) is 0 Å². The molecule has 14 nitrogen and oxygen atoms in total. The Morgan fingerprint density at radius 1 is 0.645 bits per heavy atom. The summed E-state index contributed by atoms with van der Waals surface area (Å²) < 4.78 is 10.4. The molecule has 2 aromatic carbocycles. The molecule has 4 aromatic rings. The van der Waals surface area contributed by atoms with Crippen molar-refractivity contribution in [2.45, 2.75) is 92.9 Å². The van der Waals surface area contributed by atoms with Gasteiger partial charge in [-0.3, -0.25) is 19.6 Å². The van der Waals surface area contributed by atoms with Gasteiger partial charge in [0.2, 0.25) is 0 Å². The van der Waals surface area contributed by atoms with Crippen LogP contribution in [0.5, 0.6) is 0 Å². The van der Waals surface area contributed by atoms with Crippen LogP contribution in [-0.2, 0) is 35.8 Å². The SMILES string of the molecule is Cc1nc2c(c(-c3ccc(Cl)cc3Cl)c1CO)C(=O)N(CCNC(=O)OC(C)(C)C)C2.Cc1nc2c(c(-c3ccc(Cl)cc3Cl)c1CO)C(=O)N(CCNC(=O)OC(C)(C)C)C2. The molecule has 6 rings (SSSR count). The maximum atomic E-state index is 13.2. The van der Waals surface area contributed by atoms with Gasteiger partial charge in [-0.05, 0) is 79.7 Å². The summed E-state index contributed by atoms with van der Waals surface area (Å²) in [6.45, 7) is 15.3. The molecule has 0 saturated carbocycles. The normalized spacial score (nSPS) is 13.4. The van der Waals surface area contributed by atoms with Gasteiger partial charge in [-0.2, -0.15) is 0 Å². The van der Waals surface area contributed by atoms with Gasteiger partial charge in [0.1, 0.15) is 11.2 Å². The molecule has 62 heavy (non-hydrogen) atoms. The summed E-state index contributed by atoms with van der Waals surface area (Å²) in [7, 11) is 0. The lowest BCUT2D eigenvalue weighted by Crippen LogP contribution is -2.38. The first kappa shape index (κ1) is 48.3. The molecular formula is C44H50Cl4N6O8. The molecule has 0 atom stereocenters. The van der Waals surface area contributed by atoms with Crippen LogP contribution in [0.2, 0.25) is 20.1 Å². The van der Waals surface area contributed by atoms with E-state index in [0.29, 0.717) is 100 Å². The molecule has 0 saturated heterocycles. The van der Waals surface area contributed by atoms with E-state index in [9.17, 15) is 29.4 Å². The van der Waals surface area contributed by atoms with Gasteiger partial charge in [0.25, 0.3) is 11.8 Å². The highest BCUT2D eigenvalue weighted by atomic mass is 35.5. The number of aryl methyl sites for hydroxylation is 2. The zero-order chi connectivity index (χ0) is 45.8. The van der Waals surface area contributed by atoms with E-state index >= 15 is 0 Å². The molecule has 4 heterocycles. The predicted molar refractivity (Wildman–Crippen MR) is 239 cm³/mol. The molecular weight excluding hydrogens is 882 g/mol. The van der Waals surface area contributed by atoms with Crippen molar-refractivity contribution in [2.24, 2.45) is 0 Å². The Labute approximate surface area is 380 Å². The van der Waals surface area contributed by atoms with Gasteiger partial charge in [0, 0.05) is 91.0 Å². The number of fused-ring (bicyclic) bond motifs is 2. The Morgan fingerprint density at radius 3 is 1.31 bits per heavy atom. The van der Waals surface area contributed by atoms with Gasteiger partial charge in [-0.1, -0.05) is 58.5 Å². The van der Waals surface area contributed by atoms with Crippen molar-refractivity contribution in [3.8, 4) is 22.3 Å². The lowest BCUT2D eigenvalue weighted by atomic mass is 9.93. The third kappa shape index (κ3) is 11.5. The molecule has 2 aliphatic heterocycles. The van der Waals surface area contributed by atoms with Crippen molar-refractivity contribution in [2.75, 3.05) is 26.2 Å². The summed E-state index contributed by atoms with van der Waals surface area (Å²) in [5.74, 6) is -0.464. The Balaban J connectivity index is 0.000000234. The van der Waals surface area contributed by atoms with Crippen molar-refractivity contribution in [3.05, 3.63) is 102 Å². The van der Waals surface area contributed by atoms with Gasteiger partial charge < -0.3 is 40.1 Å². The fourth-order valence-electron chi connectivity index (χ4n) is 7.06. The lowest BCUT2D eigenvalue weighted by Gasteiger charge is -2.21. The second-order valence-electron chi connectivity index (χ2n) is 16.6. The van der Waals surface area contributed by atoms with Crippen molar-refractivity contribution in [1.29, 1.82) is 0 Å². The number of nitrogens with zero attached hydrogens (tertiary/aromatic N) is 4. The van der Waals surface area contributed by atoms with E-state index in [0.717, 1.165) is 0 Å². The van der Waals surface area contributed by atoms with Crippen LogP contribution in [0.15, 0.2) is 36.4 Å². The van der Waals surface area contributed by atoms with Crippen molar-refractivity contribution < 1.29 is 38.9 Å². The summed E-state index contributed by atoms with van der Waals surface area (Å²) >= 11 is 24.9. The van der Waals surface area contributed by atoms with E-state index in [2.05, 4.69) is 20.6 Å². The Kier molecular flexibility index (Phi) is 15.4. The number of rotatable bonds is 10. The molecule has 4 amide bonds. The Morgan fingerprint density at radius 2 is 1.00 bits per heavy atom. The summed E-state index contributed by atoms with van der Waals surface area (Å²) in [4.78, 5) is 62.5. The average molecular weight is 933 g/mol. The van der Waals surface area contributed by atoms with Crippen LogP contribution in [-0.4, -0.2) is 91.4 Å². The van der Waals surface area contributed by atoms with E-state index in [1.54, 1.807) is 102 Å². The predicted octanol–water partition coefficient (Wildman–Crippen LogP) is 8.67. The number of ether oxygens (including phenoxy) is 2. The van der Waals surface area contributed by atoms with Crippen molar-refractivity contribution >= 4 is 70.4 Å². The van der Waals surface area contributed by atoms with Crippen LogP contribution in [0.3, 0.4) is 0 Å². The summed E-state index contributed by atoms with van der Waals surface area (Å²) in [6.07, 6.45) is -1.08. The first-order valence-corrected chi connectivity index (χ1v) is 21.2. The number of carbonyl (C=O) groups excluding carboxylic acids is 4. The fourth-order valence-corrected chi connectivity index (χ4v) is 8.06. The van der Waals surface area contributed by atoms with Gasteiger partial charge in [-0.15, -0.1) is 0 Å². The molecule has 2 aromatic heterocycles. The molecule has 4 N–H and O–H groups in total. The van der Waals surface area contributed by atoms with Crippen LogP contribution >= 0.6 is 46.4 Å². The number of carbonyl (C=O) groups is 4. The Bertz CT molecular complexity index is 2230. The van der Waals surface area contributed by atoms with Crippen molar-refractivity contribution in [1.82, 2.24) is 30.4 Å². The highest BCUT2D eigenvalue weighted by Gasteiger charge is 2.36. The molecule has 332 valence electrons. The summed E-state index contributed by atoms with van der Waals surface area (Å²) in [6, 6.07) is 10.0. The van der Waals surface area contributed by atoms with Gasteiger partial charge >= 0.3 is 12.2 Å². The third-order valence-corrected chi connectivity index (χ3v) is 10.8. The van der Waals surface area contributed by atoms with Gasteiger partial charge in [-0.25, -0.2) is 9.59 Å². The largest absolute Gasteiger partial charge is 0.444 e. The molecule has 0 spiro atoms. The number of alkyl carbamates (subject to hydrolysis) is 2. The molecule has 0 fully saturated rings. The maximum Gasteiger partial charge on any atom is 0.407 e. The molecule has 0 aliphatic carbocycles. The minimum atomic E-state index is -0.599. The van der Waals surface area contributed by atoms with E-state index in [1.807, 2.05) is 0 Å². The number of hydrogen-bond donors (Lipinski definition) is 4. The zero-order valence-corrected chi connectivity index (χ0v) is 38.8. The second-order valence-corrected chi connectivity index (χ2v) is 18.3. The standard InChI is InChI=1S/2C22H25Cl2N3O4/c2*1-12-15(11-28)18(14-6-5-13(23)9-16(14)24)19-17(26-12)10-27(20(19)29)8-7-25-21(30)31-22(2,3)4/h2*5-6,9,28H,7-8,10-11H2,1-4H3,(H,25,30). The molecule has 0 unspecified atom stereocenters. The Hall–Kier alpha value is -4.70. The number of amides is 4. The number of benzene rings is 2. The number of halogens is 4. The van der Waals surface area contributed by atoms with Gasteiger partial charge in [0.05, 0.1) is 48.8 Å². The van der Waals surface area contributed by atoms with E-state index in [-0.39, 0.29) is 51.2 Å². The van der Waals surface area contributed by atoms with E-state index in [4.69, 9.17) is 55.9 Å². The average Bonchev–Trinajstić information content (AvgIpc) is 3.63. The number of nitrogens with one attached hydrogen (secondary N) is 2. The number of aliphatic hydroxyl groups excluding tert-OH is 2. The molecule has 2 aliphatic rings. The highest BCUT2D eigenvalue weighted by molar-refractivity contribution is 6.37. The topological polar surface area (TPSA) is 184 Å². The minimum absolute atomic E-state index is 0.232. The zero-order valence-electron chi connectivity index (χ0n) is 35.8. The fraction of sp³-hybridized carbons (Fsp3) is 0.409.